The summed E-state index contributed by atoms with van der Waals surface area (Å²) in [6.07, 6.45) is -14.2. The van der Waals surface area contributed by atoms with E-state index in [1.54, 1.807) is 4.74 Å². The quantitative estimate of drug-likeness (QED) is 0.525. The van der Waals surface area contributed by atoms with Gasteiger partial charge in [-0.3, -0.25) is 0 Å². The molecule has 0 aromatic carbocycles. The van der Waals surface area contributed by atoms with Crippen molar-refractivity contribution in [2.45, 2.75) is 24.2 Å². The van der Waals surface area contributed by atoms with Gasteiger partial charge in [-0.2, -0.15) is 4.74 Å². The Morgan fingerprint density at radius 2 is 1.00 bits per heavy atom. The maximum atomic E-state index is 11.0. The van der Waals surface area contributed by atoms with E-state index >= 15 is 0 Å². The van der Waals surface area contributed by atoms with Gasteiger partial charge in [-0.1, -0.05) is 0 Å². The molecule has 0 aliphatic carbocycles. The second-order valence-electron chi connectivity index (χ2n) is 1.66. The van der Waals surface area contributed by atoms with Gasteiger partial charge in [0.1, 0.15) is 0 Å². The molecule has 0 saturated heterocycles. The lowest BCUT2D eigenvalue weighted by atomic mass is 10.8. The van der Waals surface area contributed by atoms with Gasteiger partial charge in [-0.05, 0) is 15.9 Å². The van der Waals surface area contributed by atoms with Crippen molar-refractivity contribution in [1.82, 2.24) is 0 Å². The summed E-state index contributed by atoms with van der Waals surface area (Å²) in [6.45, 7) is 0. The first-order chi connectivity index (χ1) is 6.35. The highest BCUT2D eigenvalue weighted by Crippen LogP contribution is 2.28. The van der Waals surface area contributed by atoms with Crippen LogP contribution in [0.25, 0.3) is 0 Å². The van der Waals surface area contributed by atoms with Crippen molar-refractivity contribution in [2.24, 2.45) is 0 Å². The van der Waals surface area contributed by atoms with Gasteiger partial charge in [0, 0.05) is 0 Å². The first kappa shape index (κ1) is 17.2. The van der Waals surface area contributed by atoms with Gasteiger partial charge >= 0.3 is 12.7 Å². The van der Waals surface area contributed by atoms with Crippen molar-refractivity contribution in [3.8, 4) is 0 Å². The molecule has 0 radical (unpaired) electrons. The van der Waals surface area contributed by atoms with Crippen LogP contribution in [0.1, 0.15) is 0 Å². The van der Waals surface area contributed by atoms with E-state index in [-0.39, 0.29) is 0 Å². The summed E-state index contributed by atoms with van der Waals surface area (Å²) in [4.78, 5) is 0. The van der Waals surface area contributed by atoms with Gasteiger partial charge in [-0.15, -0.1) is 26.3 Å². The van der Waals surface area contributed by atoms with Gasteiger partial charge in [-0.25, -0.2) is 13.2 Å². The summed E-state index contributed by atoms with van der Waals surface area (Å²) in [7, 11) is 0. The van der Waals surface area contributed by atoms with Crippen LogP contribution in [0.4, 0.5) is 39.5 Å². The fraction of sp³-hybridized carbons (Fsp3) is 1.00. The van der Waals surface area contributed by atoms with Crippen LogP contribution in [-0.2, 0) is 4.74 Å². The van der Waals surface area contributed by atoms with Crippen molar-refractivity contribution in [1.29, 1.82) is 0 Å². The average molecular weight is 317 g/mol. The highest BCUT2D eigenvalue weighted by molar-refractivity contribution is 9.09. The van der Waals surface area contributed by atoms with E-state index in [0.29, 0.717) is 0 Å². The summed E-state index contributed by atoms with van der Waals surface area (Å²) < 4.78 is 97.7. The maximum Gasteiger partial charge on any atom is 0.529 e. The Morgan fingerprint density at radius 3 is 1.00 bits per heavy atom. The van der Waals surface area contributed by atoms with Gasteiger partial charge < -0.3 is 0 Å². The molecular formula is C4H2BrF9O. The first-order valence-corrected chi connectivity index (χ1v) is 3.66. The smallest absolute Gasteiger partial charge is 0.229 e. The molecule has 0 aliphatic heterocycles. The molecule has 0 aliphatic rings. The predicted molar refractivity (Wildman–Crippen MR) is 33.0 cm³/mol. The Morgan fingerprint density at radius 1 is 0.800 bits per heavy atom. The molecule has 15 heavy (non-hydrogen) atoms. The van der Waals surface area contributed by atoms with E-state index in [1.807, 2.05) is 15.9 Å². The number of ether oxygens (including phenoxy) is 1. The molecular weight excluding hydrogens is 315 g/mol. The second-order valence-corrected chi connectivity index (χ2v) is 2.54. The molecule has 0 rings (SSSR count). The minimum atomic E-state index is -5.64. The number of halogens is 10. The molecule has 0 saturated carbocycles. The molecule has 0 fully saturated rings. The zero-order valence-corrected chi connectivity index (χ0v) is 7.93. The summed E-state index contributed by atoms with van der Waals surface area (Å²) in [5.74, 6) is 0. The molecule has 0 aromatic heterocycles. The van der Waals surface area contributed by atoms with E-state index in [4.69, 9.17) is 0 Å². The van der Waals surface area contributed by atoms with E-state index in [2.05, 4.69) is 0 Å². The largest absolute Gasteiger partial charge is 0.529 e. The van der Waals surface area contributed by atoms with E-state index < -0.39 is 24.2 Å². The SMILES string of the molecule is FC(F)(F)OC(F)(F)F.FC(F)C(F)Br. The maximum absolute atomic E-state index is 11.0. The van der Waals surface area contributed by atoms with Crippen LogP contribution >= 0.6 is 15.9 Å². The summed E-state index contributed by atoms with van der Waals surface area (Å²) in [5, 5.41) is -2.17. The first-order valence-electron chi connectivity index (χ1n) is 2.75. The Balaban J connectivity index is 0. The Hall–Kier alpha value is -0.190. The number of hydrogen-bond acceptors (Lipinski definition) is 1. The van der Waals surface area contributed by atoms with Crippen LogP contribution < -0.4 is 0 Å². The molecule has 1 atom stereocenters. The minimum Gasteiger partial charge on any atom is -0.229 e. The van der Waals surface area contributed by atoms with E-state index in [1.165, 1.54) is 0 Å². The van der Waals surface area contributed by atoms with Crippen molar-refractivity contribution in [2.75, 3.05) is 0 Å². The van der Waals surface area contributed by atoms with Gasteiger partial charge in [0.25, 0.3) is 6.43 Å². The lowest BCUT2D eigenvalue weighted by molar-refractivity contribution is -0.463. The summed E-state index contributed by atoms with van der Waals surface area (Å²) in [5.41, 5.74) is 0. The van der Waals surface area contributed by atoms with Crippen molar-refractivity contribution in [3.05, 3.63) is 0 Å². The predicted octanol–water partition coefficient (Wildman–Crippen LogP) is 3.98. The third-order valence-corrected chi connectivity index (χ3v) is 0.822. The van der Waals surface area contributed by atoms with Crippen LogP contribution in [0.15, 0.2) is 0 Å². The highest BCUT2D eigenvalue weighted by atomic mass is 79.9. The monoisotopic (exact) mass is 316 g/mol. The van der Waals surface area contributed by atoms with Crippen LogP contribution in [0.3, 0.4) is 0 Å². The van der Waals surface area contributed by atoms with Crippen LogP contribution in [0.2, 0.25) is 0 Å². The van der Waals surface area contributed by atoms with Gasteiger partial charge in [0.15, 0.2) is 0 Å². The topological polar surface area (TPSA) is 9.23 Å². The molecule has 1 nitrogen and oxygen atoms in total. The molecule has 0 spiro atoms. The van der Waals surface area contributed by atoms with Crippen molar-refractivity contribution < 1.29 is 44.3 Å². The normalized spacial score (nSPS) is 14.6. The van der Waals surface area contributed by atoms with Crippen LogP contribution in [0.5, 0.6) is 0 Å². The van der Waals surface area contributed by atoms with Gasteiger partial charge in [0.2, 0.25) is 5.08 Å². The number of rotatable bonds is 1. The average Bonchev–Trinajstić information content (AvgIpc) is 1.78. The third-order valence-electron chi connectivity index (χ3n) is 0.422. The molecule has 0 N–H and O–H groups in total. The Kier molecular flexibility index (Phi) is 7.35. The number of hydrogen-bond donors (Lipinski definition) is 0. The fourth-order valence-electron chi connectivity index (χ4n) is 0.131. The van der Waals surface area contributed by atoms with Gasteiger partial charge in [0.05, 0.1) is 0 Å². The number of alkyl halides is 10. The third kappa shape index (κ3) is 20.0. The molecule has 0 aromatic rings. The lowest BCUT2D eigenvalue weighted by Gasteiger charge is -2.08. The van der Waals surface area contributed by atoms with Crippen molar-refractivity contribution in [3.63, 3.8) is 0 Å². The highest BCUT2D eigenvalue weighted by Gasteiger charge is 2.45. The molecule has 11 heteroatoms. The minimum absolute atomic E-state index is 1.62. The van der Waals surface area contributed by atoms with E-state index in [0.717, 1.165) is 0 Å². The Labute approximate surface area is 85.3 Å². The van der Waals surface area contributed by atoms with Crippen LogP contribution in [-0.4, -0.2) is 24.2 Å². The molecule has 0 amide bonds. The molecule has 0 heterocycles. The van der Waals surface area contributed by atoms with E-state index in [9.17, 15) is 39.5 Å². The molecule has 0 bridgehead atoms. The molecule has 1 unspecified atom stereocenters. The summed E-state index contributed by atoms with van der Waals surface area (Å²) in [6, 6.07) is 0. The second kappa shape index (κ2) is 6.40. The van der Waals surface area contributed by atoms with Crippen molar-refractivity contribution >= 4 is 15.9 Å². The zero-order valence-electron chi connectivity index (χ0n) is 6.34. The van der Waals surface area contributed by atoms with Crippen LogP contribution in [0, 0.1) is 0 Å². The fourth-order valence-corrected chi connectivity index (χ4v) is 0.131. The Bertz CT molecular complexity index is 142. The zero-order chi connectivity index (χ0) is 12.9. The summed E-state index contributed by atoms with van der Waals surface area (Å²) >= 11 is 2.02. The standard InChI is InChI=1S/C2H2BrF3.C2F6O/c3-1(4)2(5)6;3-1(4,5)9-2(6,7)8/h1-2H;. The molecule has 94 valence electrons. The lowest BCUT2D eigenvalue weighted by Crippen LogP contribution is -2.25.